The highest BCUT2D eigenvalue weighted by molar-refractivity contribution is 7.79. The van der Waals surface area contributed by atoms with Crippen LogP contribution in [0.5, 0.6) is 0 Å². The van der Waals surface area contributed by atoms with Gasteiger partial charge in [-0.3, -0.25) is 0 Å². The molecule has 2 nitrogen and oxygen atoms in total. The minimum Gasteiger partial charge on any atom is -0.457 e. The molecule has 0 aliphatic carbocycles. The van der Waals surface area contributed by atoms with Gasteiger partial charge in [-0.1, -0.05) is 5.92 Å². The van der Waals surface area contributed by atoms with Crippen molar-refractivity contribution in [3.63, 3.8) is 0 Å². The Morgan fingerprint density at radius 1 is 1.80 bits per heavy atom. The first-order chi connectivity index (χ1) is 4.70. The SMILES string of the molecule is C#CC(C)OC(=S)OCC. The van der Waals surface area contributed by atoms with Crippen molar-refractivity contribution in [3.8, 4) is 12.3 Å². The summed E-state index contributed by atoms with van der Waals surface area (Å²) in [6.07, 6.45) is 4.72. The van der Waals surface area contributed by atoms with Crippen LogP contribution in [0.2, 0.25) is 0 Å². The van der Waals surface area contributed by atoms with E-state index in [2.05, 4.69) is 18.1 Å². The Balaban J connectivity index is 3.49. The van der Waals surface area contributed by atoms with E-state index < -0.39 is 0 Å². The van der Waals surface area contributed by atoms with E-state index in [1.807, 2.05) is 6.92 Å². The summed E-state index contributed by atoms with van der Waals surface area (Å²) in [6.45, 7) is 4.07. The quantitative estimate of drug-likeness (QED) is 0.446. The third kappa shape index (κ3) is 4.16. The van der Waals surface area contributed by atoms with Crippen LogP contribution in [-0.4, -0.2) is 17.9 Å². The predicted octanol–water partition coefficient (Wildman–Crippen LogP) is 1.35. The number of thiocarbonyl (C=S) groups is 1. The van der Waals surface area contributed by atoms with Crippen LogP contribution in [0, 0.1) is 12.3 Å². The fraction of sp³-hybridized carbons (Fsp3) is 0.571. The molecule has 1 unspecified atom stereocenters. The smallest absolute Gasteiger partial charge is 0.353 e. The largest absolute Gasteiger partial charge is 0.457 e. The van der Waals surface area contributed by atoms with Crippen LogP contribution in [0.3, 0.4) is 0 Å². The summed E-state index contributed by atoms with van der Waals surface area (Å²) in [5.41, 5.74) is 0. The van der Waals surface area contributed by atoms with E-state index in [0.717, 1.165) is 0 Å². The molecule has 0 N–H and O–H groups in total. The van der Waals surface area contributed by atoms with Crippen LogP contribution in [0.1, 0.15) is 13.8 Å². The highest BCUT2D eigenvalue weighted by atomic mass is 32.1. The van der Waals surface area contributed by atoms with Crippen LogP contribution in [-0.2, 0) is 9.47 Å². The second-order valence-electron chi connectivity index (χ2n) is 1.61. The van der Waals surface area contributed by atoms with E-state index in [0.29, 0.717) is 6.61 Å². The van der Waals surface area contributed by atoms with Crippen molar-refractivity contribution in [2.75, 3.05) is 6.61 Å². The number of hydrogen-bond donors (Lipinski definition) is 0. The van der Waals surface area contributed by atoms with Crippen LogP contribution in [0.15, 0.2) is 0 Å². The molecule has 0 bridgehead atoms. The molecule has 0 spiro atoms. The summed E-state index contributed by atoms with van der Waals surface area (Å²) in [5, 5.41) is 0.118. The zero-order chi connectivity index (χ0) is 7.98. The topological polar surface area (TPSA) is 18.5 Å². The maximum absolute atomic E-state index is 5.03. The average molecular weight is 158 g/mol. The molecule has 0 aromatic heterocycles. The maximum atomic E-state index is 5.03. The van der Waals surface area contributed by atoms with Gasteiger partial charge in [0.15, 0.2) is 6.10 Å². The molecule has 0 saturated heterocycles. The number of rotatable bonds is 2. The monoisotopic (exact) mass is 158 g/mol. The van der Waals surface area contributed by atoms with Gasteiger partial charge in [-0.25, -0.2) is 0 Å². The van der Waals surface area contributed by atoms with E-state index in [-0.39, 0.29) is 11.3 Å². The third-order valence-electron chi connectivity index (χ3n) is 0.770. The van der Waals surface area contributed by atoms with E-state index in [1.54, 1.807) is 6.92 Å². The van der Waals surface area contributed by atoms with Crippen molar-refractivity contribution in [2.24, 2.45) is 0 Å². The van der Waals surface area contributed by atoms with Gasteiger partial charge in [-0.2, -0.15) is 0 Å². The highest BCUT2D eigenvalue weighted by Gasteiger charge is 2.00. The van der Waals surface area contributed by atoms with Gasteiger partial charge in [0.2, 0.25) is 0 Å². The molecule has 0 fully saturated rings. The minimum atomic E-state index is -0.306. The van der Waals surface area contributed by atoms with Gasteiger partial charge in [-0.05, 0) is 13.8 Å². The molecule has 0 radical (unpaired) electrons. The second kappa shape index (κ2) is 5.07. The molecular weight excluding hydrogens is 148 g/mol. The maximum Gasteiger partial charge on any atom is 0.353 e. The van der Waals surface area contributed by atoms with Crippen LogP contribution in [0.25, 0.3) is 0 Å². The standard InChI is InChI=1S/C7H10O2S/c1-4-6(3)9-7(10)8-5-2/h1,6H,5H2,2-3H3. The molecule has 0 aromatic rings. The van der Waals surface area contributed by atoms with Gasteiger partial charge in [0.25, 0.3) is 0 Å². The van der Waals surface area contributed by atoms with E-state index in [1.165, 1.54) is 0 Å². The highest BCUT2D eigenvalue weighted by Crippen LogP contribution is 1.92. The first-order valence-corrected chi connectivity index (χ1v) is 3.41. The normalized spacial score (nSPS) is 11.3. The molecule has 0 saturated carbocycles. The minimum absolute atomic E-state index is 0.118. The Morgan fingerprint density at radius 3 is 2.80 bits per heavy atom. The number of ether oxygens (including phenoxy) is 2. The van der Waals surface area contributed by atoms with Crippen LogP contribution < -0.4 is 0 Å². The molecule has 0 rings (SSSR count). The molecule has 1 atom stereocenters. The van der Waals surface area contributed by atoms with E-state index >= 15 is 0 Å². The summed E-state index contributed by atoms with van der Waals surface area (Å²) < 4.78 is 9.74. The molecule has 0 aliphatic rings. The van der Waals surface area contributed by atoms with Crippen molar-refractivity contribution >= 4 is 17.5 Å². The Kier molecular flexibility index (Phi) is 4.69. The Bertz CT molecular complexity index is 148. The summed E-state index contributed by atoms with van der Waals surface area (Å²) in [6, 6.07) is 0. The molecule has 0 heterocycles. The first-order valence-electron chi connectivity index (χ1n) is 3.00. The van der Waals surface area contributed by atoms with Crippen molar-refractivity contribution in [3.05, 3.63) is 0 Å². The molecular formula is C7H10O2S. The second-order valence-corrected chi connectivity index (χ2v) is 1.94. The Morgan fingerprint density at radius 2 is 2.40 bits per heavy atom. The lowest BCUT2D eigenvalue weighted by atomic mass is 10.4. The van der Waals surface area contributed by atoms with E-state index in [9.17, 15) is 0 Å². The van der Waals surface area contributed by atoms with Gasteiger partial charge in [0.05, 0.1) is 6.61 Å². The molecule has 3 heteroatoms. The summed E-state index contributed by atoms with van der Waals surface area (Å²) in [4.78, 5) is 0. The zero-order valence-corrected chi connectivity index (χ0v) is 6.90. The molecule has 10 heavy (non-hydrogen) atoms. The average Bonchev–Trinajstić information content (AvgIpc) is 1.88. The Labute approximate surface area is 66.5 Å². The fourth-order valence-electron chi connectivity index (χ4n) is 0.330. The van der Waals surface area contributed by atoms with Crippen LogP contribution in [0.4, 0.5) is 0 Å². The molecule has 0 aromatic carbocycles. The Hall–Kier alpha value is -0.750. The summed E-state index contributed by atoms with van der Waals surface area (Å²) in [7, 11) is 0. The van der Waals surface area contributed by atoms with Gasteiger partial charge >= 0.3 is 5.24 Å². The molecule has 56 valence electrons. The predicted molar refractivity (Wildman–Crippen MR) is 43.6 cm³/mol. The van der Waals surface area contributed by atoms with Gasteiger partial charge in [0, 0.05) is 12.2 Å². The van der Waals surface area contributed by atoms with Crippen molar-refractivity contribution in [1.29, 1.82) is 0 Å². The van der Waals surface area contributed by atoms with Gasteiger partial charge < -0.3 is 9.47 Å². The zero-order valence-electron chi connectivity index (χ0n) is 6.09. The molecule has 0 amide bonds. The van der Waals surface area contributed by atoms with Crippen molar-refractivity contribution < 1.29 is 9.47 Å². The van der Waals surface area contributed by atoms with Crippen molar-refractivity contribution in [1.82, 2.24) is 0 Å². The van der Waals surface area contributed by atoms with Crippen molar-refractivity contribution in [2.45, 2.75) is 20.0 Å². The van der Waals surface area contributed by atoms with E-state index in [4.69, 9.17) is 15.9 Å². The molecule has 0 aliphatic heterocycles. The first kappa shape index (κ1) is 9.25. The van der Waals surface area contributed by atoms with Gasteiger partial charge in [0.1, 0.15) is 0 Å². The fourth-order valence-corrected chi connectivity index (χ4v) is 0.592. The third-order valence-corrected chi connectivity index (χ3v) is 0.984. The lowest BCUT2D eigenvalue weighted by molar-refractivity contribution is 0.165. The summed E-state index contributed by atoms with van der Waals surface area (Å²) >= 11 is 4.66. The lowest BCUT2D eigenvalue weighted by Gasteiger charge is -2.08. The number of terminal acetylenes is 1. The lowest BCUT2D eigenvalue weighted by Crippen LogP contribution is -2.13. The van der Waals surface area contributed by atoms with Gasteiger partial charge in [-0.15, -0.1) is 6.42 Å². The summed E-state index contributed by atoms with van der Waals surface area (Å²) in [5.74, 6) is 2.36. The number of hydrogen-bond acceptors (Lipinski definition) is 3. The van der Waals surface area contributed by atoms with Crippen LogP contribution >= 0.6 is 12.2 Å².